The number of aliphatic imine (C=N–C) groups is 1. The minimum atomic E-state index is -0.293. The number of hydrogen-bond acceptors (Lipinski definition) is 4. The number of carbonyl (C=O) groups excluding carboxylic acids is 1. The normalized spacial score (nSPS) is 17.1. The number of allylic oxidation sites excluding steroid dienone is 3. The Labute approximate surface area is 186 Å². The lowest BCUT2D eigenvalue weighted by molar-refractivity contribution is -0.117. The second-order valence-electron chi connectivity index (χ2n) is 6.93. The molecule has 1 atom stereocenters. The molecule has 1 aromatic heterocycles. The van der Waals surface area contributed by atoms with Crippen LogP contribution in [-0.4, -0.2) is 28.4 Å². The van der Waals surface area contributed by atoms with Crippen LogP contribution in [0.15, 0.2) is 65.5 Å². The summed E-state index contributed by atoms with van der Waals surface area (Å²) in [6.45, 7) is 2.75. The fourth-order valence-electron chi connectivity index (χ4n) is 3.05. The highest BCUT2D eigenvalue weighted by Gasteiger charge is 2.21. The molecule has 0 aliphatic heterocycles. The summed E-state index contributed by atoms with van der Waals surface area (Å²) >= 11 is 12.1. The van der Waals surface area contributed by atoms with Gasteiger partial charge in [-0.2, -0.15) is 10.2 Å². The molecular weight excluding hydrogens is 421 g/mol. The van der Waals surface area contributed by atoms with Gasteiger partial charge in [0.25, 0.3) is 5.91 Å². The highest BCUT2D eigenvalue weighted by Crippen LogP contribution is 2.28. The van der Waals surface area contributed by atoms with Crippen LogP contribution in [0.5, 0.6) is 0 Å². The zero-order valence-corrected chi connectivity index (χ0v) is 18.2. The van der Waals surface area contributed by atoms with Crippen molar-refractivity contribution >= 4 is 34.8 Å². The monoisotopic (exact) mass is 443 g/mol. The van der Waals surface area contributed by atoms with Crippen molar-refractivity contribution in [1.29, 1.82) is 0 Å². The minimum Gasteiger partial charge on any atom is -0.497 e. The Bertz CT molecular complexity index is 972. The van der Waals surface area contributed by atoms with Gasteiger partial charge in [0, 0.05) is 22.3 Å². The van der Waals surface area contributed by atoms with Gasteiger partial charge in [0.2, 0.25) is 0 Å². The summed E-state index contributed by atoms with van der Waals surface area (Å²) in [6.07, 6.45) is 10.4. The standard InChI is InChI=1S/C23H23Cl2N3O2/c1-2-3-4-12-30-22-15-18(9-10-19(22)21-6-5-11-26-28-21)27-23(29)13-16-7-8-17(24)14-20(16)25/h5-11,14-15,19H,2-4,12-13H2,1H3/b27-18-. The number of unbranched alkanes of at least 4 members (excludes halogenated alkanes) is 2. The highest BCUT2D eigenvalue weighted by atomic mass is 35.5. The van der Waals surface area contributed by atoms with E-state index in [1.54, 1.807) is 36.5 Å². The third-order valence-corrected chi connectivity index (χ3v) is 5.18. The molecular formula is C23H23Cl2N3O2. The SMILES string of the molecule is CCCCCOC1=C/C(=N\C(=O)Cc2ccc(Cl)cc2Cl)C=CC1c1cccnn1. The van der Waals surface area contributed by atoms with Crippen molar-refractivity contribution in [3.05, 3.63) is 81.8 Å². The second kappa shape index (κ2) is 11.0. The van der Waals surface area contributed by atoms with E-state index in [4.69, 9.17) is 27.9 Å². The van der Waals surface area contributed by atoms with Gasteiger partial charge in [0.1, 0.15) is 5.76 Å². The summed E-state index contributed by atoms with van der Waals surface area (Å²) in [5, 5.41) is 9.14. The maximum absolute atomic E-state index is 12.5. The second-order valence-corrected chi connectivity index (χ2v) is 7.77. The molecule has 1 aromatic carbocycles. The molecule has 2 aromatic rings. The van der Waals surface area contributed by atoms with Gasteiger partial charge < -0.3 is 4.74 Å². The largest absolute Gasteiger partial charge is 0.497 e. The number of aromatic nitrogens is 2. The molecule has 3 rings (SSSR count). The van der Waals surface area contributed by atoms with Gasteiger partial charge >= 0.3 is 0 Å². The number of carbonyl (C=O) groups is 1. The lowest BCUT2D eigenvalue weighted by Crippen LogP contribution is -2.14. The number of ether oxygens (including phenoxy) is 1. The average molecular weight is 444 g/mol. The Hall–Kier alpha value is -2.50. The summed E-state index contributed by atoms with van der Waals surface area (Å²) in [5.74, 6) is 0.267. The molecule has 1 aliphatic rings. The number of amides is 1. The summed E-state index contributed by atoms with van der Waals surface area (Å²) in [7, 11) is 0. The number of rotatable bonds is 8. The quantitative estimate of drug-likeness (QED) is 0.488. The van der Waals surface area contributed by atoms with Crippen LogP contribution < -0.4 is 0 Å². The number of hydrogen-bond donors (Lipinski definition) is 0. The fraction of sp³-hybridized carbons (Fsp3) is 0.304. The van der Waals surface area contributed by atoms with Gasteiger partial charge in [-0.1, -0.05) is 55.1 Å². The molecule has 1 aliphatic carbocycles. The van der Waals surface area contributed by atoms with Crippen molar-refractivity contribution in [2.45, 2.75) is 38.5 Å². The lowest BCUT2D eigenvalue weighted by atomic mass is 9.96. The van der Waals surface area contributed by atoms with Crippen molar-refractivity contribution < 1.29 is 9.53 Å². The summed E-state index contributed by atoms with van der Waals surface area (Å²) in [4.78, 5) is 16.7. The maximum Gasteiger partial charge on any atom is 0.250 e. The molecule has 0 saturated heterocycles. The third-order valence-electron chi connectivity index (χ3n) is 4.59. The topological polar surface area (TPSA) is 64.4 Å². The summed E-state index contributed by atoms with van der Waals surface area (Å²) < 4.78 is 6.03. The molecule has 7 heteroatoms. The summed E-state index contributed by atoms with van der Waals surface area (Å²) in [6, 6.07) is 8.81. The molecule has 1 heterocycles. The van der Waals surface area contributed by atoms with E-state index < -0.39 is 0 Å². The molecule has 0 radical (unpaired) electrons. The van der Waals surface area contributed by atoms with Gasteiger partial charge in [-0.05, 0) is 42.3 Å². The molecule has 0 saturated carbocycles. The van der Waals surface area contributed by atoms with Gasteiger partial charge in [-0.3, -0.25) is 4.79 Å². The van der Waals surface area contributed by atoms with Crippen LogP contribution in [0.3, 0.4) is 0 Å². The zero-order valence-electron chi connectivity index (χ0n) is 16.7. The first kappa shape index (κ1) is 22.2. The molecule has 1 amide bonds. The van der Waals surface area contributed by atoms with Crippen LogP contribution in [-0.2, 0) is 16.0 Å². The average Bonchev–Trinajstić information content (AvgIpc) is 2.74. The molecule has 30 heavy (non-hydrogen) atoms. The highest BCUT2D eigenvalue weighted by molar-refractivity contribution is 6.35. The molecule has 0 spiro atoms. The van der Waals surface area contributed by atoms with E-state index in [0.717, 1.165) is 25.0 Å². The molecule has 156 valence electrons. The third kappa shape index (κ3) is 6.25. The van der Waals surface area contributed by atoms with Gasteiger partial charge in [-0.25, -0.2) is 4.99 Å². The van der Waals surface area contributed by atoms with E-state index >= 15 is 0 Å². The van der Waals surface area contributed by atoms with Gasteiger partial charge in [0.05, 0.1) is 30.4 Å². The minimum absolute atomic E-state index is 0.0987. The van der Waals surface area contributed by atoms with Gasteiger partial charge in [-0.15, -0.1) is 0 Å². The van der Waals surface area contributed by atoms with Crippen molar-refractivity contribution in [1.82, 2.24) is 10.2 Å². The van der Waals surface area contributed by atoms with Crippen molar-refractivity contribution in [2.24, 2.45) is 4.99 Å². The Kier molecular flexibility index (Phi) is 8.17. The first-order valence-electron chi connectivity index (χ1n) is 9.92. The molecule has 1 unspecified atom stereocenters. The van der Waals surface area contributed by atoms with Crippen molar-refractivity contribution in [2.75, 3.05) is 6.61 Å². The molecule has 0 fully saturated rings. The van der Waals surface area contributed by atoms with Gasteiger partial charge in [0.15, 0.2) is 0 Å². The van der Waals surface area contributed by atoms with Crippen LogP contribution in [0.4, 0.5) is 0 Å². The van der Waals surface area contributed by atoms with E-state index in [0.29, 0.717) is 33.7 Å². The van der Waals surface area contributed by atoms with Crippen LogP contribution in [0.1, 0.15) is 43.4 Å². The van der Waals surface area contributed by atoms with E-state index in [1.807, 2.05) is 18.2 Å². The number of benzene rings is 1. The predicted molar refractivity (Wildman–Crippen MR) is 120 cm³/mol. The lowest BCUT2D eigenvalue weighted by Gasteiger charge is -2.20. The molecule has 0 bridgehead atoms. The van der Waals surface area contributed by atoms with Crippen LogP contribution >= 0.6 is 23.2 Å². The summed E-state index contributed by atoms with van der Waals surface area (Å²) in [5.41, 5.74) is 2.01. The number of halogens is 2. The molecule has 5 nitrogen and oxygen atoms in total. The fourth-order valence-corrected chi connectivity index (χ4v) is 3.53. The predicted octanol–water partition coefficient (Wildman–Crippen LogP) is 5.74. The van der Waals surface area contributed by atoms with E-state index in [9.17, 15) is 4.79 Å². The Balaban J connectivity index is 1.76. The zero-order chi connectivity index (χ0) is 21.3. The van der Waals surface area contributed by atoms with Crippen molar-refractivity contribution in [3.8, 4) is 0 Å². The first-order valence-corrected chi connectivity index (χ1v) is 10.7. The maximum atomic E-state index is 12.5. The first-order chi connectivity index (χ1) is 14.6. The van der Waals surface area contributed by atoms with Crippen molar-refractivity contribution in [3.63, 3.8) is 0 Å². The van der Waals surface area contributed by atoms with Crippen LogP contribution in [0.25, 0.3) is 0 Å². The molecule has 0 N–H and O–H groups in total. The Morgan fingerprint density at radius 2 is 2.10 bits per heavy atom. The number of nitrogens with zero attached hydrogens (tertiary/aromatic N) is 3. The van der Waals surface area contributed by atoms with E-state index in [2.05, 4.69) is 22.1 Å². The van der Waals surface area contributed by atoms with Crippen LogP contribution in [0.2, 0.25) is 10.0 Å². The smallest absolute Gasteiger partial charge is 0.250 e. The van der Waals surface area contributed by atoms with Crippen LogP contribution in [0, 0.1) is 0 Å². The Morgan fingerprint density at radius 3 is 2.83 bits per heavy atom. The van der Waals surface area contributed by atoms with E-state index in [1.165, 1.54) is 0 Å². The van der Waals surface area contributed by atoms with E-state index in [-0.39, 0.29) is 18.2 Å². The Morgan fingerprint density at radius 1 is 1.23 bits per heavy atom.